The minimum atomic E-state index is -0.390. The normalized spacial score (nSPS) is 11.5. The average Bonchev–Trinajstić information content (AvgIpc) is 2.91. The molecular weight excluding hydrogens is 352 g/mol. The van der Waals surface area contributed by atoms with E-state index >= 15 is 0 Å². The number of rotatable bonds is 1. The number of benzene rings is 1. The predicted molar refractivity (Wildman–Crippen MR) is 91.0 cm³/mol. The van der Waals surface area contributed by atoms with Crippen molar-refractivity contribution >= 4 is 39.9 Å². The van der Waals surface area contributed by atoms with Gasteiger partial charge in [-0.05, 0) is 31.5 Å². The number of hydrogen-bond acceptors (Lipinski definition) is 4. The van der Waals surface area contributed by atoms with Gasteiger partial charge in [0, 0.05) is 12.1 Å². The zero-order chi connectivity index (χ0) is 17.0. The topological polar surface area (TPSA) is 56.0 Å². The summed E-state index contributed by atoms with van der Waals surface area (Å²) in [4.78, 5) is 13.0. The van der Waals surface area contributed by atoms with Crippen molar-refractivity contribution in [3.63, 3.8) is 0 Å². The Kier molecular flexibility index (Phi) is 3.40. The van der Waals surface area contributed by atoms with Crippen LogP contribution in [-0.4, -0.2) is 24.6 Å². The van der Waals surface area contributed by atoms with Gasteiger partial charge in [0.15, 0.2) is 11.5 Å². The largest absolute Gasteiger partial charge is 0.246 e. The Labute approximate surface area is 146 Å². The van der Waals surface area contributed by atoms with Crippen LogP contribution in [0, 0.1) is 19.7 Å². The van der Waals surface area contributed by atoms with Crippen LogP contribution < -0.4 is 0 Å². The lowest BCUT2D eigenvalue weighted by molar-refractivity contribution is 0.635. The molecule has 0 aliphatic heterocycles. The summed E-state index contributed by atoms with van der Waals surface area (Å²) in [5, 5.41) is 5.02. The Hall–Kier alpha value is -2.31. The Bertz CT molecular complexity index is 1120. The zero-order valence-corrected chi connectivity index (χ0v) is 14.2. The predicted octanol–water partition coefficient (Wildman–Crippen LogP) is 4.40. The van der Waals surface area contributed by atoms with Crippen LogP contribution in [0.3, 0.4) is 0 Å². The van der Waals surface area contributed by atoms with E-state index in [1.165, 1.54) is 16.6 Å². The molecule has 4 rings (SSSR count). The molecule has 0 unspecified atom stereocenters. The van der Waals surface area contributed by atoms with Gasteiger partial charge in [-0.2, -0.15) is 5.10 Å². The van der Waals surface area contributed by atoms with Crippen molar-refractivity contribution in [3.8, 4) is 11.4 Å². The van der Waals surface area contributed by atoms with Crippen molar-refractivity contribution in [2.75, 3.05) is 0 Å². The van der Waals surface area contributed by atoms with Crippen LogP contribution >= 0.6 is 23.2 Å². The molecule has 0 saturated carbocycles. The van der Waals surface area contributed by atoms with E-state index in [0.717, 1.165) is 5.56 Å². The smallest absolute Gasteiger partial charge is 0.159 e. The number of nitrogens with zero attached hydrogens (tertiary/aromatic N) is 5. The van der Waals surface area contributed by atoms with Gasteiger partial charge >= 0.3 is 0 Å². The van der Waals surface area contributed by atoms with Gasteiger partial charge in [0.1, 0.15) is 27.2 Å². The van der Waals surface area contributed by atoms with Crippen molar-refractivity contribution in [1.29, 1.82) is 0 Å². The van der Waals surface area contributed by atoms with Crippen LogP contribution in [-0.2, 0) is 0 Å². The summed E-state index contributed by atoms with van der Waals surface area (Å²) in [7, 11) is 0. The summed E-state index contributed by atoms with van der Waals surface area (Å²) in [5.74, 6) is -0.390. The van der Waals surface area contributed by atoms with Gasteiger partial charge in [-0.3, -0.25) is 0 Å². The van der Waals surface area contributed by atoms with Crippen LogP contribution in [0.1, 0.15) is 11.3 Å². The van der Waals surface area contributed by atoms with Gasteiger partial charge in [-0.1, -0.05) is 23.2 Å². The summed E-state index contributed by atoms with van der Waals surface area (Å²) in [5.41, 5.74) is 3.64. The number of aromatic nitrogens is 5. The fourth-order valence-corrected chi connectivity index (χ4v) is 3.08. The lowest BCUT2D eigenvalue weighted by Crippen LogP contribution is -1.98. The number of aryl methyl sites for hydroxylation is 2. The second-order valence-electron chi connectivity index (χ2n) is 5.47. The van der Waals surface area contributed by atoms with Crippen molar-refractivity contribution in [2.45, 2.75) is 13.8 Å². The molecule has 0 saturated heterocycles. The van der Waals surface area contributed by atoms with Gasteiger partial charge < -0.3 is 0 Å². The number of hydrogen-bond donors (Lipinski definition) is 0. The second kappa shape index (κ2) is 5.36. The monoisotopic (exact) mass is 361 g/mol. The quantitative estimate of drug-likeness (QED) is 0.471. The first-order valence-electron chi connectivity index (χ1n) is 7.09. The van der Waals surface area contributed by atoms with Crippen LogP contribution in [0.25, 0.3) is 28.1 Å². The molecule has 0 aliphatic rings. The summed E-state index contributed by atoms with van der Waals surface area (Å²) in [6, 6.07) is 6.44. The minimum absolute atomic E-state index is 0.241. The zero-order valence-electron chi connectivity index (χ0n) is 12.7. The lowest BCUT2D eigenvalue weighted by atomic mass is 10.1. The molecule has 1 aromatic carbocycles. The minimum Gasteiger partial charge on any atom is -0.246 e. The molecule has 0 spiro atoms. The van der Waals surface area contributed by atoms with Crippen molar-refractivity contribution in [1.82, 2.24) is 24.6 Å². The highest BCUT2D eigenvalue weighted by molar-refractivity contribution is 6.33. The molecule has 3 heterocycles. The van der Waals surface area contributed by atoms with Crippen molar-refractivity contribution < 1.29 is 4.39 Å². The van der Waals surface area contributed by atoms with Crippen LogP contribution in [0.4, 0.5) is 4.39 Å². The SMILES string of the molecule is Cc1cc(F)c2nc(C)c(-c3cc4nc(Cl)cc(Cl)n4n3)nc2c1. The number of halogens is 3. The third-order valence-electron chi connectivity index (χ3n) is 3.64. The molecule has 0 N–H and O–H groups in total. The Balaban J connectivity index is 1.99. The Morgan fingerprint density at radius 2 is 1.79 bits per heavy atom. The fraction of sp³-hybridized carbons (Fsp3) is 0.125. The molecular formula is C16H10Cl2FN5. The van der Waals surface area contributed by atoms with E-state index in [9.17, 15) is 4.39 Å². The third-order valence-corrected chi connectivity index (χ3v) is 4.10. The summed E-state index contributed by atoms with van der Waals surface area (Å²) in [6.07, 6.45) is 0. The highest BCUT2D eigenvalue weighted by Crippen LogP contribution is 2.26. The maximum Gasteiger partial charge on any atom is 0.159 e. The van der Waals surface area contributed by atoms with Crippen molar-refractivity contribution in [3.05, 3.63) is 51.6 Å². The molecule has 0 atom stereocenters. The summed E-state index contributed by atoms with van der Waals surface area (Å²) < 4.78 is 15.5. The maximum absolute atomic E-state index is 14.1. The van der Waals surface area contributed by atoms with E-state index in [0.29, 0.717) is 33.4 Å². The molecule has 0 radical (unpaired) electrons. The Morgan fingerprint density at radius 3 is 2.58 bits per heavy atom. The molecule has 4 aromatic rings. The third kappa shape index (κ3) is 2.39. The van der Waals surface area contributed by atoms with Crippen molar-refractivity contribution in [2.24, 2.45) is 0 Å². The first-order valence-corrected chi connectivity index (χ1v) is 7.84. The van der Waals surface area contributed by atoms with Crippen LogP contribution in [0.5, 0.6) is 0 Å². The number of fused-ring (bicyclic) bond motifs is 2. The van der Waals surface area contributed by atoms with E-state index in [2.05, 4.69) is 20.1 Å². The van der Waals surface area contributed by atoms with Gasteiger partial charge in [0.25, 0.3) is 0 Å². The van der Waals surface area contributed by atoms with E-state index in [4.69, 9.17) is 23.2 Å². The summed E-state index contributed by atoms with van der Waals surface area (Å²) in [6.45, 7) is 3.56. The first-order chi connectivity index (χ1) is 11.4. The molecule has 120 valence electrons. The highest BCUT2D eigenvalue weighted by atomic mass is 35.5. The van der Waals surface area contributed by atoms with E-state index < -0.39 is 5.82 Å². The van der Waals surface area contributed by atoms with E-state index in [1.54, 1.807) is 26.0 Å². The summed E-state index contributed by atoms with van der Waals surface area (Å²) >= 11 is 12.0. The lowest BCUT2D eigenvalue weighted by Gasteiger charge is -2.06. The van der Waals surface area contributed by atoms with Gasteiger partial charge in [-0.15, -0.1) is 0 Å². The van der Waals surface area contributed by atoms with E-state index in [1.807, 2.05) is 0 Å². The van der Waals surface area contributed by atoms with Gasteiger partial charge in [0.05, 0.1) is 11.2 Å². The maximum atomic E-state index is 14.1. The second-order valence-corrected chi connectivity index (χ2v) is 6.25. The molecule has 0 amide bonds. The molecule has 0 fully saturated rings. The van der Waals surface area contributed by atoms with Gasteiger partial charge in [-0.25, -0.2) is 23.9 Å². The highest BCUT2D eigenvalue weighted by Gasteiger charge is 2.15. The standard InChI is InChI=1S/C16H10Cl2FN5/c1-7-3-9(19)16-10(4-7)21-15(8(2)20-16)11-5-14-22-12(17)6-13(18)24(14)23-11/h3-6H,1-2H3. The van der Waals surface area contributed by atoms with E-state index in [-0.39, 0.29) is 10.7 Å². The molecule has 3 aromatic heterocycles. The van der Waals surface area contributed by atoms with Crippen LogP contribution in [0.15, 0.2) is 24.3 Å². The molecule has 24 heavy (non-hydrogen) atoms. The molecule has 0 aliphatic carbocycles. The first kappa shape index (κ1) is 15.2. The fourth-order valence-electron chi connectivity index (χ4n) is 2.60. The Morgan fingerprint density at radius 1 is 1.00 bits per heavy atom. The van der Waals surface area contributed by atoms with Gasteiger partial charge in [0.2, 0.25) is 0 Å². The molecule has 0 bridgehead atoms. The molecule has 5 nitrogen and oxygen atoms in total. The average molecular weight is 362 g/mol. The van der Waals surface area contributed by atoms with Crippen LogP contribution in [0.2, 0.25) is 10.3 Å². The molecule has 8 heteroatoms.